The van der Waals surface area contributed by atoms with Crippen LogP contribution < -0.4 is 9.83 Å². The van der Waals surface area contributed by atoms with Crippen molar-refractivity contribution in [2.75, 3.05) is 4.72 Å². The van der Waals surface area contributed by atoms with Crippen molar-refractivity contribution in [3.63, 3.8) is 0 Å². The first-order valence-corrected chi connectivity index (χ1v) is 8.44. The molecule has 0 heterocycles. The lowest BCUT2D eigenvalue weighted by Gasteiger charge is -2.11. The Labute approximate surface area is 133 Å². The standard InChI is InChI=1S/C16H16FNO4S/c1-2-3-11-4-6-12(7-5-11)18-23(21,22)13-8-9-15(17)14(10-13)16(19)20/h4-10,18H,2-3H2,1H3,(H,19,20)/p-1. The number of nitrogens with one attached hydrogen (secondary N) is 1. The second kappa shape index (κ2) is 6.78. The quantitative estimate of drug-likeness (QED) is 0.873. The van der Waals surface area contributed by atoms with E-state index in [4.69, 9.17) is 0 Å². The summed E-state index contributed by atoms with van der Waals surface area (Å²) >= 11 is 0. The number of benzene rings is 2. The summed E-state index contributed by atoms with van der Waals surface area (Å²) in [7, 11) is -4.02. The zero-order valence-electron chi connectivity index (χ0n) is 12.4. The van der Waals surface area contributed by atoms with E-state index >= 15 is 0 Å². The number of aryl methyl sites for hydroxylation is 1. The topological polar surface area (TPSA) is 86.3 Å². The van der Waals surface area contributed by atoms with Gasteiger partial charge < -0.3 is 9.90 Å². The maximum Gasteiger partial charge on any atom is 0.261 e. The Kier molecular flexibility index (Phi) is 5.00. The Morgan fingerprint density at radius 1 is 1.17 bits per heavy atom. The first-order chi connectivity index (χ1) is 10.8. The summed E-state index contributed by atoms with van der Waals surface area (Å²) in [5, 5.41) is 10.8. The van der Waals surface area contributed by atoms with Gasteiger partial charge in [0.05, 0.1) is 10.9 Å². The maximum absolute atomic E-state index is 13.3. The van der Waals surface area contributed by atoms with Gasteiger partial charge in [-0.2, -0.15) is 0 Å². The average molecular weight is 336 g/mol. The molecule has 0 radical (unpaired) electrons. The fourth-order valence-corrected chi connectivity index (χ4v) is 3.15. The van der Waals surface area contributed by atoms with Crippen LogP contribution in [0.4, 0.5) is 10.1 Å². The third-order valence-electron chi connectivity index (χ3n) is 3.21. The van der Waals surface area contributed by atoms with Gasteiger partial charge in [-0.15, -0.1) is 0 Å². The van der Waals surface area contributed by atoms with Crippen LogP contribution in [0.25, 0.3) is 0 Å². The Morgan fingerprint density at radius 2 is 1.83 bits per heavy atom. The monoisotopic (exact) mass is 336 g/mol. The highest BCUT2D eigenvalue weighted by Crippen LogP contribution is 2.19. The first kappa shape index (κ1) is 17.0. The lowest BCUT2D eigenvalue weighted by atomic mass is 10.1. The molecular weight excluding hydrogens is 321 g/mol. The first-order valence-electron chi connectivity index (χ1n) is 6.96. The summed E-state index contributed by atoms with van der Waals surface area (Å²) in [5.74, 6) is -2.82. The highest BCUT2D eigenvalue weighted by Gasteiger charge is 2.17. The van der Waals surface area contributed by atoms with E-state index in [1.165, 1.54) is 0 Å². The molecule has 5 nitrogen and oxygen atoms in total. The molecule has 0 saturated heterocycles. The molecule has 0 spiro atoms. The van der Waals surface area contributed by atoms with Crippen molar-refractivity contribution >= 4 is 21.7 Å². The maximum atomic E-state index is 13.3. The molecule has 7 heteroatoms. The van der Waals surface area contributed by atoms with Gasteiger partial charge in [0.25, 0.3) is 10.0 Å². The predicted octanol–water partition coefficient (Wildman–Crippen LogP) is 1.94. The molecular formula is C16H15FNO4S-. The fraction of sp³-hybridized carbons (Fsp3) is 0.188. The van der Waals surface area contributed by atoms with Crippen LogP contribution in [0.15, 0.2) is 47.4 Å². The largest absolute Gasteiger partial charge is 0.545 e. The molecule has 0 aliphatic heterocycles. The highest BCUT2D eigenvalue weighted by molar-refractivity contribution is 7.92. The summed E-state index contributed by atoms with van der Waals surface area (Å²) in [6, 6.07) is 9.35. The van der Waals surface area contributed by atoms with Crippen LogP contribution in [0.2, 0.25) is 0 Å². The van der Waals surface area contributed by atoms with Gasteiger partial charge in [0.15, 0.2) is 0 Å². The Bertz CT molecular complexity index is 816. The number of rotatable bonds is 6. The number of carbonyl (C=O) groups is 1. The molecule has 0 fully saturated rings. The number of sulfonamides is 1. The molecule has 0 atom stereocenters. The van der Waals surface area contributed by atoms with E-state index in [0.29, 0.717) is 5.69 Å². The predicted molar refractivity (Wildman–Crippen MR) is 82.0 cm³/mol. The van der Waals surface area contributed by atoms with Crippen LogP contribution in [-0.2, 0) is 16.4 Å². The second-order valence-corrected chi connectivity index (χ2v) is 6.66. The molecule has 2 rings (SSSR count). The Balaban J connectivity index is 2.28. The summed E-state index contributed by atoms with van der Waals surface area (Å²) in [6.07, 6.45) is 1.87. The molecule has 2 aromatic rings. The van der Waals surface area contributed by atoms with Gasteiger partial charge in [0.1, 0.15) is 5.82 Å². The van der Waals surface area contributed by atoms with Gasteiger partial charge in [0, 0.05) is 11.3 Å². The van der Waals surface area contributed by atoms with E-state index in [1.54, 1.807) is 24.3 Å². The lowest BCUT2D eigenvalue weighted by Crippen LogP contribution is -2.24. The van der Waals surface area contributed by atoms with E-state index in [2.05, 4.69) is 4.72 Å². The fourth-order valence-electron chi connectivity index (χ4n) is 2.07. The van der Waals surface area contributed by atoms with Gasteiger partial charge in [0.2, 0.25) is 0 Å². The number of hydrogen-bond donors (Lipinski definition) is 1. The SMILES string of the molecule is CCCc1ccc(NS(=O)(=O)c2ccc(F)c(C(=O)[O-])c2)cc1. The van der Waals surface area contributed by atoms with Crippen molar-refractivity contribution in [1.29, 1.82) is 0 Å². The summed E-state index contributed by atoms with van der Waals surface area (Å²) in [5.41, 5.74) is 0.617. The van der Waals surface area contributed by atoms with Crippen molar-refractivity contribution in [2.24, 2.45) is 0 Å². The van der Waals surface area contributed by atoms with Gasteiger partial charge in [-0.1, -0.05) is 25.5 Å². The van der Waals surface area contributed by atoms with Gasteiger partial charge >= 0.3 is 0 Å². The minimum atomic E-state index is -4.02. The third kappa shape index (κ3) is 4.07. The van der Waals surface area contributed by atoms with E-state index in [0.717, 1.165) is 36.6 Å². The summed E-state index contributed by atoms with van der Waals surface area (Å²) in [6.45, 7) is 2.04. The number of carboxylic acids is 1. The Hall–Kier alpha value is -2.41. The van der Waals surface area contributed by atoms with Crippen LogP contribution in [0.3, 0.4) is 0 Å². The summed E-state index contributed by atoms with van der Waals surface area (Å²) in [4.78, 5) is 10.4. The molecule has 23 heavy (non-hydrogen) atoms. The van der Waals surface area contributed by atoms with E-state index in [1.807, 2.05) is 6.92 Å². The minimum absolute atomic E-state index is 0.337. The highest BCUT2D eigenvalue weighted by atomic mass is 32.2. The Morgan fingerprint density at radius 3 is 2.39 bits per heavy atom. The number of carboxylic acid groups (broad SMARTS) is 1. The molecule has 0 aromatic heterocycles. The van der Waals surface area contributed by atoms with Crippen molar-refractivity contribution in [3.05, 3.63) is 59.4 Å². The third-order valence-corrected chi connectivity index (χ3v) is 4.59. The van der Waals surface area contributed by atoms with Crippen molar-refractivity contribution in [3.8, 4) is 0 Å². The van der Waals surface area contributed by atoms with Gasteiger partial charge in [-0.05, 0) is 42.3 Å². The lowest BCUT2D eigenvalue weighted by molar-refractivity contribution is -0.255. The van der Waals surface area contributed by atoms with Crippen molar-refractivity contribution in [2.45, 2.75) is 24.7 Å². The molecule has 0 bridgehead atoms. The van der Waals surface area contributed by atoms with E-state index < -0.39 is 27.4 Å². The van der Waals surface area contributed by atoms with Crippen LogP contribution >= 0.6 is 0 Å². The zero-order valence-corrected chi connectivity index (χ0v) is 13.2. The molecule has 1 N–H and O–H groups in total. The molecule has 0 aliphatic carbocycles. The van der Waals surface area contributed by atoms with Crippen LogP contribution in [0, 0.1) is 5.82 Å². The minimum Gasteiger partial charge on any atom is -0.545 e. The number of anilines is 1. The van der Waals surface area contributed by atoms with E-state index in [9.17, 15) is 22.7 Å². The number of halogens is 1. The molecule has 0 saturated carbocycles. The summed E-state index contributed by atoms with van der Waals surface area (Å²) < 4.78 is 40.1. The molecule has 0 aliphatic rings. The van der Waals surface area contributed by atoms with Gasteiger partial charge in [-0.3, -0.25) is 4.72 Å². The van der Waals surface area contributed by atoms with Crippen LogP contribution in [0.1, 0.15) is 29.3 Å². The van der Waals surface area contributed by atoms with E-state index in [-0.39, 0.29) is 4.90 Å². The molecule has 0 unspecified atom stereocenters. The van der Waals surface area contributed by atoms with Crippen LogP contribution in [-0.4, -0.2) is 14.4 Å². The normalized spacial score (nSPS) is 11.2. The number of aromatic carboxylic acids is 1. The van der Waals surface area contributed by atoms with Crippen molar-refractivity contribution in [1.82, 2.24) is 0 Å². The molecule has 122 valence electrons. The smallest absolute Gasteiger partial charge is 0.261 e. The van der Waals surface area contributed by atoms with Crippen molar-refractivity contribution < 1.29 is 22.7 Å². The van der Waals surface area contributed by atoms with Crippen LogP contribution in [0.5, 0.6) is 0 Å². The zero-order chi connectivity index (χ0) is 17.0. The second-order valence-electron chi connectivity index (χ2n) is 4.98. The number of hydrogen-bond acceptors (Lipinski definition) is 4. The molecule has 2 aromatic carbocycles. The average Bonchev–Trinajstić information content (AvgIpc) is 2.49. The molecule has 0 amide bonds. The van der Waals surface area contributed by atoms with Gasteiger partial charge in [-0.25, -0.2) is 12.8 Å². The number of carbonyl (C=O) groups excluding carboxylic acids is 1.